The molecule has 4 rings (SSSR count). The van der Waals surface area contributed by atoms with Gasteiger partial charge in [0.2, 0.25) is 0 Å². The van der Waals surface area contributed by atoms with E-state index in [0.717, 1.165) is 41.5 Å². The molecule has 1 fully saturated rings. The van der Waals surface area contributed by atoms with Crippen LogP contribution in [0.25, 0.3) is 10.9 Å². The van der Waals surface area contributed by atoms with E-state index in [1.165, 1.54) is 13.2 Å². The summed E-state index contributed by atoms with van der Waals surface area (Å²) in [6, 6.07) is 7.29. The zero-order valence-electron chi connectivity index (χ0n) is 17.9. The molecule has 3 aromatic rings. The van der Waals surface area contributed by atoms with Crippen molar-refractivity contribution in [2.24, 2.45) is 0 Å². The van der Waals surface area contributed by atoms with E-state index in [1.807, 2.05) is 7.05 Å². The lowest BCUT2D eigenvalue weighted by molar-refractivity contribution is -0.137. The van der Waals surface area contributed by atoms with Crippen molar-refractivity contribution in [3.05, 3.63) is 53.7 Å². The lowest BCUT2D eigenvalue weighted by Gasteiger charge is -2.34. The van der Waals surface area contributed by atoms with E-state index in [4.69, 9.17) is 4.74 Å². The van der Waals surface area contributed by atoms with Gasteiger partial charge in [-0.1, -0.05) is 6.07 Å². The Balaban J connectivity index is 1.79. The lowest BCUT2D eigenvalue weighted by Crippen LogP contribution is -2.44. The van der Waals surface area contributed by atoms with Crippen LogP contribution in [0.15, 0.2) is 47.5 Å². The van der Waals surface area contributed by atoms with Crippen molar-refractivity contribution in [1.29, 1.82) is 0 Å². The smallest absolute Gasteiger partial charge is 0.416 e. The molecule has 0 saturated carbocycles. The number of rotatable bonds is 5. The zero-order chi connectivity index (χ0) is 23.9. The van der Waals surface area contributed by atoms with Crippen LogP contribution in [-0.4, -0.2) is 53.8 Å². The van der Waals surface area contributed by atoms with Gasteiger partial charge in [0.05, 0.1) is 30.1 Å². The third-order valence-electron chi connectivity index (χ3n) is 5.74. The highest BCUT2D eigenvalue weighted by atomic mass is 32.2. The van der Waals surface area contributed by atoms with Gasteiger partial charge in [-0.25, -0.2) is 8.78 Å². The molecule has 0 aliphatic carbocycles. The largest absolute Gasteiger partial charge is 0.587 e. The van der Waals surface area contributed by atoms with Crippen molar-refractivity contribution in [3.8, 4) is 5.75 Å². The van der Waals surface area contributed by atoms with E-state index in [9.17, 15) is 26.5 Å². The van der Waals surface area contributed by atoms with Crippen LogP contribution < -0.4 is 9.64 Å². The second-order valence-corrected chi connectivity index (χ2v) is 9.18. The highest BCUT2D eigenvalue weighted by Gasteiger charge is 2.33. The standard InChI is InChI=1S/C22H22F5N3O2S/c1-28-7-9-29(10-8-28)19-12-15(4-6-20(19)32-2)33(31)30-13-17(21(23)24)16-5-3-14(11-18(16)30)22(25,26)27/h3-6,11-13,21H,7-10H2,1-2H3. The first kappa shape index (κ1) is 23.7. The van der Waals surface area contributed by atoms with Crippen LogP contribution in [0.5, 0.6) is 5.75 Å². The number of methoxy groups -OCH3 is 1. The van der Waals surface area contributed by atoms with Crippen molar-refractivity contribution in [3.63, 3.8) is 0 Å². The molecule has 0 bridgehead atoms. The first-order chi connectivity index (χ1) is 15.6. The first-order valence-electron chi connectivity index (χ1n) is 10.1. The second-order valence-electron chi connectivity index (χ2n) is 7.81. The van der Waals surface area contributed by atoms with Gasteiger partial charge in [-0.15, -0.1) is 0 Å². The molecular weight excluding hydrogens is 465 g/mol. The number of halogens is 5. The van der Waals surface area contributed by atoms with E-state index in [1.54, 1.807) is 12.1 Å². The van der Waals surface area contributed by atoms with Gasteiger partial charge in [0.25, 0.3) is 6.43 Å². The molecule has 1 aromatic heterocycles. The summed E-state index contributed by atoms with van der Waals surface area (Å²) >= 11 is -2.06. The minimum absolute atomic E-state index is 0.0702. The average Bonchev–Trinajstić information content (AvgIpc) is 3.17. The van der Waals surface area contributed by atoms with E-state index in [-0.39, 0.29) is 15.8 Å². The maximum atomic E-state index is 13.6. The van der Waals surface area contributed by atoms with Gasteiger partial charge in [-0.3, -0.25) is 0 Å². The number of fused-ring (bicyclic) bond motifs is 1. The Morgan fingerprint density at radius 2 is 1.73 bits per heavy atom. The number of hydrogen-bond donors (Lipinski definition) is 0. The molecule has 2 aromatic carbocycles. The van der Waals surface area contributed by atoms with Gasteiger partial charge in [0.15, 0.2) is 4.90 Å². The molecule has 11 heteroatoms. The number of benzene rings is 2. The monoisotopic (exact) mass is 487 g/mol. The minimum atomic E-state index is -4.66. The van der Waals surface area contributed by atoms with Crippen molar-refractivity contribution in [2.45, 2.75) is 17.5 Å². The van der Waals surface area contributed by atoms with Crippen molar-refractivity contribution < 1.29 is 31.2 Å². The minimum Gasteiger partial charge on any atom is -0.587 e. The van der Waals surface area contributed by atoms with Gasteiger partial charge in [0, 0.05) is 43.2 Å². The van der Waals surface area contributed by atoms with Crippen LogP contribution >= 0.6 is 0 Å². The van der Waals surface area contributed by atoms with Crippen LogP contribution in [0.3, 0.4) is 0 Å². The normalized spacial score (nSPS) is 16.6. The molecule has 1 aliphatic heterocycles. The summed E-state index contributed by atoms with van der Waals surface area (Å²) in [6.07, 6.45) is -6.63. The molecule has 1 unspecified atom stereocenters. The number of alkyl halides is 5. The van der Waals surface area contributed by atoms with Gasteiger partial charge in [0.1, 0.15) is 17.1 Å². The third-order valence-corrected chi connectivity index (χ3v) is 7.06. The summed E-state index contributed by atoms with van der Waals surface area (Å²) in [4.78, 5) is 4.50. The Bertz CT molecular complexity index is 1140. The van der Waals surface area contributed by atoms with Crippen LogP contribution in [0.2, 0.25) is 0 Å². The Morgan fingerprint density at radius 1 is 1.03 bits per heavy atom. The Labute approximate surface area is 190 Å². The van der Waals surface area contributed by atoms with E-state index >= 15 is 0 Å². The Hall–Kier alpha value is -2.50. The fourth-order valence-corrected chi connectivity index (χ4v) is 5.06. The predicted molar refractivity (Wildman–Crippen MR) is 116 cm³/mol. The molecule has 0 N–H and O–H groups in total. The molecule has 0 radical (unpaired) electrons. The fourth-order valence-electron chi connectivity index (χ4n) is 3.90. The number of nitrogens with zero attached hydrogens (tertiary/aromatic N) is 3. The molecular formula is C22H22F5N3O2S. The number of aromatic nitrogens is 1. The van der Waals surface area contributed by atoms with Gasteiger partial charge in [-0.05, 0) is 31.3 Å². The summed E-state index contributed by atoms with van der Waals surface area (Å²) in [5.74, 6) is 0.560. The molecule has 0 amide bonds. The number of likely N-dealkylation sites (N-methyl/N-ethyl adjacent to an activating group) is 1. The first-order valence-corrected chi connectivity index (χ1v) is 11.2. The third kappa shape index (κ3) is 4.62. The topological polar surface area (TPSA) is 43.7 Å². The van der Waals surface area contributed by atoms with Gasteiger partial charge in [-0.2, -0.15) is 17.1 Å². The molecule has 0 spiro atoms. The molecule has 5 nitrogen and oxygen atoms in total. The SMILES string of the molecule is COc1ccc([S+]([O-])n2cc(C(F)F)c3ccc(C(F)(F)F)cc32)cc1N1CCN(C)CC1. The number of hydrogen-bond acceptors (Lipinski definition) is 4. The van der Waals surface area contributed by atoms with Crippen LogP contribution in [-0.2, 0) is 17.5 Å². The predicted octanol–water partition coefficient (Wildman–Crippen LogP) is 4.93. The Morgan fingerprint density at radius 3 is 2.33 bits per heavy atom. The van der Waals surface area contributed by atoms with E-state index in [0.29, 0.717) is 24.5 Å². The number of piperazine rings is 1. The Kier molecular flexibility index (Phi) is 6.47. The van der Waals surface area contributed by atoms with Crippen molar-refractivity contribution in [1.82, 2.24) is 8.87 Å². The van der Waals surface area contributed by atoms with Gasteiger partial charge >= 0.3 is 6.18 Å². The maximum absolute atomic E-state index is 13.6. The average molecular weight is 487 g/mol. The molecule has 178 valence electrons. The maximum Gasteiger partial charge on any atom is 0.416 e. The van der Waals surface area contributed by atoms with Crippen LogP contribution in [0.4, 0.5) is 27.6 Å². The number of anilines is 1. The number of ether oxygens (including phenoxy) is 1. The summed E-state index contributed by atoms with van der Waals surface area (Å²) in [6.45, 7) is 3.05. The molecule has 33 heavy (non-hydrogen) atoms. The molecule has 1 aliphatic rings. The van der Waals surface area contributed by atoms with Crippen molar-refractivity contribution >= 4 is 28.0 Å². The molecule has 1 saturated heterocycles. The zero-order valence-corrected chi connectivity index (χ0v) is 18.7. The highest BCUT2D eigenvalue weighted by molar-refractivity contribution is 7.90. The second kappa shape index (κ2) is 9.03. The van der Waals surface area contributed by atoms with Crippen molar-refractivity contribution in [2.75, 3.05) is 45.2 Å². The fraction of sp³-hybridized carbons (Fsp3) is 0.364. The van der Waals surface area contributed by atoms with E-state index in [2.05, 4.69) is 9.80 Å². The summed E-state index contributed by atoms with van der Waals surface area (Å²) in [7, 11) is 3.52. The lowest BCUT2D eigenvalue weighted by atomic mass is 10.1. The van der Waals surface area contributed by atoms with Crippen LogP contribution in [0.1, 0.15) is 17.6 Å². The quantitative estimate of drug-likeness (QED) is 0.378. The van der Waals surface area contributed by atoms with Crippen LogP contribution in [0, 0.1) is 0 Å². The molecule has 2 heterocycles. The van der Waals surface area contributed by atoms with Gasteiger partial charge < -0.3 is 19.1 Å². The highest BCUT2D eigenvalue weighted by Crippen LogP contribution is 2.38. The summed E-state index contributed by atoms with van der Waals surface area (Å²) in [5, 5.41) is -0.0702. The van der Waals surface area contributed by atoms with E-state index < -0.39 is 35.1 Å². The molecule has 1 atom stereocenters. The summed E-state index contributed by atoms with van der Waals surface area (Å²) < 4.78 is 86.8. The summed E-state index contributed by atoms with van der Waals surface area (Å²) in [5.41, 5.74) is -0.951.